The summed E-state index contributed by atoms with van der Waals surface area (Å²) in [5, 5.41) is 3.57. The van der Waals surface area contributed by atoms with E-state index in [1.807, 2.05) is 12.1 Å². The number of benzene rings is 1. The van der Waals surface area contributed by atoms with Crippen LogP contribution in [-0.2, 0) is 6.54 Å². The molecule has 1 fully saturated rings. The minimum Gasteiger partial charge on any atom is -0.490 e. The number of hydrogen-bond acceptors (Lipinski definition) is 2. The van der Waals surface area contributed by atoms with E-state index in [4.69, 9.17) is 4.74 Å². The van der Waals surface area contributed by atoms with Crippen molar-refractivity contribution in [2.45, 2.75) is 32.7 Å². The fraction of sp³-hybridized carbons (Fsp3) is 0.529. The third kappa shape index (κ3) is 4.71. The predicted octanol–water partition coefficient (Wildman–Crippen LogP) is 3.78. The van der Waals surface area contributed by atoms with E-state index in [1.165, 1.54) is 24.8 Å². The van der Waals surface area contributed by atoms with Crippen molar-refractivity contribution >= 4 is 0 Å². The molecule has 1 aliphatic carbocycles. The largest absolute Gasteiger partial charge is 0.490 e. The van der Waals surface area contributed by atoms with Crippen molar-refractivity contribution < 1.29 is 4.74 Å². The van der Waals surface area contributed by atoms with E-state index in [2.05, 4.69) is 31.0 Å². The summed E-state index contributed by atoms with van der Waals surface area (Å²) in [5.41, 5.74) is 1.32. The third-order valence-corrected chi connectivity index (χ3v) is 3.86. The van der Waals surface area contributed by atoms with Crippen molar-refractivity contribution in [1.29, 1.82) is 0 Å². The quantitative estimate of drug-likeness (QED) is 0.752. The van der Waals surface area contributed by atoms with Crippen molar-refractivity contribution in [2.75, 3.05) is 13.2 Å². The van der Waals surface area contributed by atoms with Crippen LogP contribution < -0.4 is 10.1 Å². The Kier molecular flexibility index (Phi) is 5.46. The Morgan fingerprint density at radius 2 is 2.11 bits per heavy atom. The van der Waals surface area contributed by atoms with E-state index >= 15 is 0 Å². The molecule has 1 aromatic carbocycles. The van der Waals surface area contributed by atoms with Gasteiger partial charge in [0.15, 0.2) is 0 Å². The predicted molar refractivity (Wildman–Crippen MR) is 80.3 cm³/mol. The molecule has 0 amide bonds. The third-order valence-electron chi connectivity index (χ3n) is 3.86. The van der Waals surface area contributed by atoms with Gasteiger partial charge < -0.3 is 10.1 Å². The van der Waals surface area contributed by atoms with Gasteiger partial charge in [-0.15, -0.1) is 0 Å². The van der Waals surface area contributed by atoms with Crippen molar-refractivity contribution in [3.63, 3.8) is 0 Å². The van der Waals surface area contributed by atoms with Crippen LogP contribution in [0.25, 0.3) is 0 Å². The zero-order valence-electron chi connectivity index (χ0n) is 11.9. The van der Waals surface area contributed by atoms with Crippen molar-refractivity contribution in [1.82, 2.24) is 5.32 Å². The molecule has 0 radical (unpaired) electrons. The molecule has 0 spiro atoms. The lowest BCUT2D eigenvalue weighted by Crippen LogP contribution is -2.20. The van der Waals surface area contributed by atoms with Gasteiger partial charge in [-0.2, -0.15) is 0 Å². The smallest absolute Gasteiger partial charge is 0.119 e. The van der Waals surface area contributed by atoms with Crippen LogP contribution in [0.15, 0.2) is 36.9 Å². The second-order valence-electron chi connectivity index (χ2n) is 5.66. The molecular weight excluding hydrogens is 234 g/mol. The molecular formula is C17H25NO. The van der Waals surface area contributed by atoms with Gasteiger partial charge in [-0.05, 0) is 48.9 Å². The molecule has 2 unspecified atom stereocenters. The second kappa shape index (κ2) is 7.34. The number of nitrogens with one attached hydrogen (secondary N) is 1. The molecule has 1 aromatic rings. The van der Waals surface area contributed by atoms with Crippen LogP contribution in [0.2, 0.25) is 0 Å². The monoisotopic (exact) mass is 259 g/mol. The summed E-state index contributed by atoms with van der Waals surface area (Å²) in [6, 6.07) is 8.31. The maximum Gasteiger partial charge on any atom is 0.119 e. The number of rotatable bonds is 7. The minimum atomic E-state index is 0.567. The number of hydrogen-bond donors (Lipinski definition) is 1. The van der Waals surface area contributed by atoms with Crippen LogP contribution in [0, 0.1) is 11.8 Å². The van der Waals surface area contributed by atoms with Crippen LogP contribution in [0.5, 0.6) is 5.75 Å². The second-order valence-corrected chi connectivity index (χ2v) is 5.66. The van der Waals surface area contributed by atoms with E-state index in [0.29, 0.717) is 6.61 Å². The summed E-state index contributed by atoms with van der Waals surface area (Å²) in [4.78, 5) is 0. The molecule has 2 rings (SSSR count). The highest BCUT2D eigenvalue weighted by atomic mass is 16.5. The maximum absolute atomic E-state index is 5.47. The summed E-state index contributed by atoms with van der Waals surface area (Å²) in [6.07, 6.45) is 5.95. The summed E-state index contributed by atoms with van der Waals surface area (Å²) in [6.45, 7) is 8.67. The van der Waals surface area contributed by atoms with Crippen molar-refractivity contribution in [2.24, 2.45) is 11.8 Å². The molecule has 1 N–H and O–H groups in total. The van der Waals surface area contributed by atoms with E-state index < -0.39 is 0 Å². The van der Waals surface area contributed by atoms with Gasteiger partial charge in [0, 0.05) is 6.54 Å². The molecule has 1 saturated carbocycles. The fourth-order valence-corrected chi connectivity index (χ4v) is 2.79. The Bertz CT molecular complexity index is 385. The molecule has 2 nitrogen and oxygen atoms in total. The molecule has 0 aliphatic heterocycles. The Balaban J connectivity index is 1.69. The van der Waals surface area contributed by atoms with Gasteiger partial charge in [-0.3, -0.25) is 0 Å². The van der Waals surface area contributed by atoms with Gasteiger partial charge in [0.2, 0.25) is 0 Å². The summed E-state index contributed by atoms with van der Waals surface area (Å²) < 4.78 is 5.47. The van der Waals surface area contributed by atoms with Crippen LogP contribution in [0.1, 0.15) is 31.7 Å². The zero-order chi connectivity index (χ0) is 13.5. The van der Waals surface area contributed by atoms with E-state index in [1.54, 1.807) is 6.08 Å². The first-order valence-electron chi connectivity index (χ1n) is 7.31. The van der Waals surface area contributed by atoms with Gasteiger partial charge in [0.25, 0.3) is 0 Å². The van der Waals surface area contributed by atoms with Gasteiger partial charge >= 0.3 is 0 Å². The molecule has 104 valence electrons. The highest BCUT2D eigenvalue weighted by Crippen LogP contribution is 2.29. The normalized spacial score (nSPS) is 22.4. The lowest BCUT2D eigenvalue weighted by atomic mass is 10.1. The van der Waals surface area contributed by atoms with E-state index in [0.717, 1.165) is 30.7 Å². The molecule has 2 heteroatoms. The lowest BCUT2D eigenvalue weighted by molar-refractivity contribution is 0.363. The average Bonchev–Trinajstić information content (AvgIpc) is 2.84. The Hall–Kier alpha value is -1.28. The van der Waals surface area contributed by atoms with Gasteiger partial charge in [0.1, 0.15) is 12.4 Å². The Labute approximate surface area is 116 Å². The van der Waals surface area contributed by atoms with Crippen LogP contribution in [-0.4, -0.2) is 13.2 Å². The molecule has 2 atom stereocenters. The van der Waals surface area contributed by atoms with Crippen LogP contribution in [0.3, 0.4) is 0 Å². The molecule has 0 heterocycles. The Morgan fingerprint density at radius 3 is 2.74 bits per heavy atom. The Morgan fingerprint density at radius 1 is 1.32 bits per heavy atom. The SMILES string of the molecule is C=CCOc1ccc(CNCC2CCC(C)C2)cc1. The van der Waals surface area contributed by atoms with Crippen LogP contribution >= 0.6 is 0 Å². The highest BCUT2D eigenvalue weighted by molar-refractivity contribution is 5.27. The first kappa shape index (κ1) is 14.1. The molecule has 1 aliphatic rings. The zero-order valence-corrected chi connectivity index (χ0v) is 11.9. The standard InChI is InChI=1S/C17H25NO/c1-3-10-19-17-8-6-15(7-9-17)12-18-13-16-5-4-14(2)11-16/h3,6-9,14,16,18H,1,4-5,10-13H2,2H3. The van der Waals surface area contributed by atoms with E-state index in [-0.39, 0.29) is 0 Å². The molecule has 0 saturated heterocycles. The summed E-state index contributed by atoms with van der Waals surface area (Å²) >= 11 is 0. The van der Waals surface area contributed by atoms with E-state index in [9.17, 15) is 0 Å². The minimum absolute atomic E-state index is 0.567. The van der Waals surface area contributed by atoms with Gasteiger partial charge in [0.05, 0.1) is 0 Å². The van der Waals surface area contributed by atoms with Crippen LogP contribution in [0.4, 0.5) is 0 Å². The van der Waals surface area contributed by atoms with Crippen molar-refractivity contribution in [3.8, 4) is 5.75 Å². The molecule has 0 aromatic heterocycles. The molecule has 19 heavy (non-hydrogen) atoms. The maximum atomic E-state index is 5.47. The average molecular weight is 259 g/mol. The van der Waals surface area contributed by atoms with Gasteiger partial charge in [-0.25, -0.2) is 0 Å². The number of ether oxygens (including phenoxy) is 1. The first-order valence-corrected chi connectivity index (χ1v) is 7.31. The fourth-order valence-electron chi connectivity index (χ4n) is 2.79. The molecule has 0 bridgehead atoms. The topological polar surface area (TPSA) is 21.3 Å². The first-order chi connectivity index (χ1) is 9.28. The highest BCUT2D eigenvalue weighted by Gasteiger charge is 2.20. The summed E-state index contributed by atoms with van der Waals surface area (Å²) in [5.74, 6) is 2.71. The van der Waals surface area contributed by atoms with Gasteiger partial charge in [-0.1, -0.05) is 38.1 Å². The lowest BCUT2D eigenvalue weighted by Gasteiger charge is -2.11. The summed E-state index contributed by atoms with van der Waals surface area (Å²) in [7, 11) is 0. The van der Waals surface area contributed by atoms with Crippen molar-refractivity contribution in [3.05, 3.63) is 42.5 Å².